The van der Waals surface area contributed by atoms with E-state index >= 15 is 0 Å². The number of nitrogens with zero attached hydrogens (tertiary/aromatic N) is 5. The van der Waals surface area contributed by atoms with Crippen LogP contribution in [0, 0.1) is 0 Å². The molecule has 1 amide bonds. The number of likely N-dealkylation sites (tertiary alicyclic amines) is 1. The number of carbonyl (C=O) groups is 1. The first-order valence-corrected chi connectivity index (χ1v) is 12.4. The second-order valence-electron chi connectivity index (χ2n) is 8.87. The van der Waals surface area contributed by atoms with Gasteiger partial charge in [0.1, 0.15) is 0 Å². The summed E-state index contributed by atoms with van der Waals surface area (Å²) in [5.41, 5.74) is 3.82. The lowest BCUT2D eigenvalue weighted by molar-refractivity contribution is 0.110. The third-order valence-electron chi connectivity index (χ3n) is 6.53. The van der Waals surface area contributed by atoms with Gasteiger partial charge < -0.3 is 34.6 Å². The van der Waals surface area contributed by atoms with E-state index in [9.17, 15) is 4.79 Å². The van der Waals surface area contributed by atoms with Gasteiger partial charge in [-0.1, -0.05) is 18.2 Å². The summed E-state index contributed by atoms with van der Waals surface area (Å²) >= 11 is 0. The predicted octanol–water partition coefficient (Wildman–Crippen LogP) is 2.04. The Balaban J connectivity index is 1.32. The molecule has 0 aliphatic carbocycles. The van der Waals surface area contributed by atoms with Crippen LogP contribution in [0.4, 0.5) is 22.6 Å². The van der Waals surface area contributed by atoms with Crippen molar-refractivity contribution < 1.29 is 19.0 Å². The first-order chi connectivity index (χ1) is 17.2. The quantitative estimate of drug-likeness (QED) is 0.606. The maximum atomic E-state index is 12.1. The fraction of sp³-hybridized carbons (Fsp3) is 0.583. The molecule has 1 aromatic carbocycles. The molecule has 11 nitrogen and oxygen atoms in total. The average molecular weight is 484 g/mol. The predicted molar refractivity (Wildman–Crippen MR) is 131 cm³/mol. The molecule has 5 rings (SSSR count). The zero-order valence-corrected chi connectivity index (χ0v) is 20.2. The molecule has 3 aliphatic rings. The third kappa shape index (κ3) is 5.73. The number of morpholine rings is 1. The molecular weight excluding hydrogens is 450 g/mol. The summed E-state index contributed by atoms with van der Waals surface area (Å²) in [4.78, 5) is 30.0. The van der Waals surface area contributed by atoms with Crippen molar-refractivity contribution in [1.82, 2.24) is 19.9 Å². The molecule has 0 bridgehead atoms. The molecule has 4 heterocycles. The monoisotopic (exact) mass is 483 g/mol. The average Bonchev–Trinajstić information content (AvgIpc) is 3.36. The number of nitrogens with one attached hydrogen (secondary N) is 2. The van der Waals surface area contributed by atoms with Gasteiger partial charge in [-0.2, -0.15) is 15.0 Å². The molecule has 0 radical (unpaired) electrons. The van der Waals surface area contributed by atoms with Crippen molar-refractivity contribution in [2.24, 2.45) is 0 Å². The third-order valence-corrected chi connectivity index (χ3v) is 6.53. The van der Waals surface area contributed by atoms with Gasteiger partial charge in [0, 0.05) is 38.8 Å². The highest BCUT2D eigenvalue weighted by Crippen LogP contribution is 2.23. The van der Waals surface area contributed by atoms with Gasteiger partial charge in [0.25, 0.3) is 0 Å². The van der Waals surface area contributed by atoms with Crippen molar-refractivity contribution in [3.63, 3.8) is 0 Å². The number of amides is 1. The molecule has 2 saturated heterocycles. The fourth-order valence-corrected chi connectivity index (χ4v) is 4.69. The van der Waals surface area contributed by atoms with Crippen molar-refractivity contribution in [1.29, 1.82) is 0 Å². The van der Waals surface area contributed by atoms with E-state index < -0.39 is 0 Å². The second-order valence-corrected chi connectivity index (χ2v) is 8.87. The fourth-order valence-electron chi connectivity index (χ4n) is 4.69. The van der Waals surface area contributed by atoms with Crippen LogP contribution in [-0.4, -0.2) is 84.6 Å². The number of carbonyl (C=O) groups excluding carboxylic acids is 1. The minimum absolute atomic E-state index is 0.0494. The van der Waals surface area contributed by atoms with Crippen LogP contribution >= 0.6 is 0 Å². The van der Waals surface area contributed by atoms with Gasteiger partial charge in [-0.05, 0) is 36.5 Å². The van der Waals surface area contributed by atoms with Gasteiger partial charge in [-0.3, -0.25) is 0 Å². The highest BCUT2D eigenvalue weighted by molar-refractivity contribution is 5.68. The minimum Gasteiger partial charge on any atom is -0.450 e. The van der Waals surface area contributed by atoms with Gasteiger partial charge >= 0.3 is 6.09 Å². The number of fused-ring (bicyclic) bond motifs is 1. The maximum Gasteiger partial charge on any atom is 0.409 e. The smallest absolute Gasteiger partial charge is 0.409 e. The summed E-state index contributed by atoms with van der Waals surface area (Å²) in [5.74, 6) is 1.65. The SMILES string of the molecule is CCOC(=O)N1CCC(Nc2nc(NCc3cccc4c3CCOC4)nc(N3CCOCC3)n2)C1. The minimum atomic E-state index is -0.277. The van der Waals surface area contributed by atoms with E-state index in [1.54, 1.807) is 4.90 Å². The molecule has 1 aromatic heterocycles. The molecule has 3 aliphatic heterocycles. The van der Waals surface area contributed by atoms with E-state index in [-0.39, 0.29) is 12.1 Å². The Morgan fingerprint density at radius 2 is 1.97 bits per heavy atom. The topological polar surface area (TPSA) is 114 Å². The largest absolute Gasteiger partial charge is 0.450 e. The first kappa shape index (κ1) is 23.6. The molecule has 2 aromatic rings. The number of hydrogen-bond donors (Lipinski definition) is 2. The molecule has 188 valence electrons. The number of anilines is 3. The Kier molecular flexibility index (Phi) is 7.43. The van der Waals surface area contributed by atoms with Crippen molar-refractivity contribution >= 4 is 23.9 Å². The molecule has 1 atom stereocenters. The summed E-state index contributed by atoms with van der Waals surface area (Å²) in [6.07, 6.45) is 1.44. The zero-order valence-electron chi connectivity index (χ0n) is 20.2. The maximum absolute atomic E-state index is 12.1. The molecule has 1 unspecified atom stereocenters. The molecule has 35 heavy (non-hydrogen) atoms. The standard InChI is InChI=1S/C24H33N7O4/c1-2-35-24(32)31-8-6-19(15-31)26-22-27-21(28-23(29-22)30-9-12-33-13-10-30)25-14-17-4-3-5-18-16-34-11-7-20(17)18/h3-5,19H,2,6-16H2,1H3,(H2,25,26,27,28,29). The van der Waals surface area contributed by atoms with E-state index in [0.717, 1.165) is 32.5 Å². The molecule has 11 heteroatoms. The van der Waals surface area contributed by atoms with Crippen LogP contribution < -0.4 is 15.5 Å². The number of rotatable bonds is 7. The Morgan fingerprint density at radius 3 is 2.83 bits per heavy atom. The van der Waals surface area contributed by atoms with E-state index in [0.29, 0.717) is 63.9 Å². The summed E-state index contributed by atoms with van der Waals surface area (Å²) in [6, 6.07) is 6.39. The van der Waals surface area contributed by atoms with E-state index in [4.69, 9.17) is 24.2 Å². The van der Waals surface area contributed by atoms with Crippen LogP contribution in [0.3, 0.4) is 0 Å². The summed E-state index contributed by atoms with van der Waals surface area (Å²) < 4.78 is 16.2. The van der Waals surface area contributed by atoms with E-state index in [1.807, 2.05) is 6.92 Å². The second kappa shape index (κ2) is 11.0. The van der Waals surface area contributed by atoms with Crippen molar-refractivity contribution in [3.05, 3.63) is 34.9 Å². The Hall–Kier alpha value is -3.18. The van der Waals surface area contributed by atoms with Crippen LogP contribution in [0.1, 0.15) is 30.0 Å². The highest BCUT2D eigenvalue weighted by atomic mass is 16.6. The summed E-state index contributed by atoms with van der Waals surface area (Å²) in [6.45, 7) is 8.16. The molecular formula is C24H33N7O4. The number of ether oxygens (including phenoxy) is 3. The lowest BCUT2D eigenvalue weighted by Gasteiger charge is -2.27. The van der Waals surface area contributed by atoms with Crippen LogP contribution in [-0.2, 0) is 33.8 Å². The van der Waals surface area contributed by atoms with Gasteiger partial charge in [0.05, 0.1) is 33.0 Å². The zero-order chi connectivity index (χ0) is 24.0. The number of aromatic nitrogens is 3. The number of benzene rings is 1. The molecule has 0 saturated carbocycles. The van der Waals surface area contributed by atoms with Gasteiger partial charge in [0.2, 0.25) is 17.8 Å². The van der Waals surface area contributed by atoms with Crippen molar-refractivity contribution in [2.75, 3.05) is 68.1 Å². The van der Waals surface area contributed by atoms with Crippen LogP contribution in [0.5, 0.6) is 0 Å². The van der Waals surface area contributed by atoms with E-state index in [2.05, 4.69) is 38.7 Å². The Morgan fingerprint density at radius 1 is 1.11 bits per heavy atom. The first-order valence-electron chi connectivity index (χ1n) is 12.4. The van der Waals surface area contributed by atoms with Gasteiger partial charge in [0.15, 0.2) is 0 Å². The summed E-state index contributed by atoms with van der Waals surface area (Å²) in [5, 5.41) is 6.82. The summed E-state index contributed by atoms with van der Waals surface area (Å²) in [7, 11) is 0. The van der Waals surface area contributed by atoms with Crippen molar-refractivity contribution in [2.45, 2.75) is 39.0 Å². The van der Waals surface area contributed by atoms with Crippen LogP contribution in [0.15, 0.2) is 18.2 Å². The van der Waals surface area contributed by atoms with Gasteiger partial charge in [-0.15, -0.1) is 0 Å². The highest BCUT2D eigenvalue weighted by Gasteiger charge is 2.28. The Labute approximate surface area is 205 Å². The van der Waals surface area contributed by atoms with Crippen LogP contribution in [0.2, 0.25) is 0 Å². The molecule has 2 fully saturated rings. The molecule has 0 spiro atoms. The van der Waals surface area contributed by atoms with E-state index in [1.165, 1.54) is 16.7 Å². The number of hydrogen-bond acceptors (Lipinski definition) is 10. The lowest BCUT2D eigenvalue weighted by atomic mass is 9.97. The van der Waals surface area contributed by atoms with Crippen molar-refractivity contribution in [3.8, 4) is 0 Å². The van der Waals surface area contributed by atoms with Crippen LogP contribution in [0.25, 0.3) is 0 Å². The Bertz CT molecular complexity index is 1030. The normalized spacial score (nSPS) is 19.9. The molecule has 2 N–H and O–H groups in total. The lowest BCUT2D eigenvalue weighted by Crippen LogP contribution is -2.38. The van der Waals surface area contributed by atoms with Gasteiger partial charge in [-0.25, -0.2) is 4.79 Å².